The number of aliphatic hydroxyl groups is 1. The van der Waals surface area contributed by atoms with Crippen LogP contribution < -0.4 is 5.73 Å². The normalized spacial score (nSPS) is 12.6. The molecule has 0 aliphatic rings. The predicted octanol–water partition coefficient (Wildman–Crippen LogP) is 1.84. The second-order valence-electron chi connectivity index (χ2n) is 3.70. The molecule has 0 bridgehead atoms. The lowest BCUT2D eigenvalue weighted by molar-refractivity contribution is 0.237. The molecule has 5 nitrogen and oxygen atoms in total. The van der Waals surface area contributed by atoms with Crippen molar-refractivity contribution in [3.8, 4) is 11.4 Å². The molecule has 3 N–H and O–H groups in total. The first-order valence-electron chi connectivity index (χ1n) is 5.68. The second-order valence-corrected chi connectivity index (χ2v) is 5.04. The molecule has 0 saturated carbocycles. The Morgan fingerprint density at radius 2 is 2.11 bits per heavy atom. The summed E-state index contributed by atoms with van der Waals surface area (Å²) in [5.74, 6) is 1.78. The summed E-state index contributed by atoms with van der Waals surface area (Å²) in [5.41, 5.74) is 6.47. The second kappa shape index (κ2) is 5.99. The molecule has 18 heavy (non-hydrogen) atoms. The largest absolute Gasteiger partial charge is 0.394 e. The predicted molar refractivity (Wildman–Crippen MR) is 70.1 cm³/mol. The first kappa shape index (κ1) is 13.1. The zero-order valence-electron chi connectivity index (χ0n) is 10.0. The molecule has 0 amide bonds. The van der Waals surface area contributed by atoms with Gasteiger partial charge in [-0.15, -0.1) is 11.8 Å². The lowest BCUT2D eigenvalue weighted by Crippen LogP contribution is -2.14. The minimum atomic E-state index is -0.624. The van der Waals surface area contributed by atoms with Crippen LogP contribution in [-0.4, -0.2) is 27.6 Å². The van der Waals surface area contributed by atoms with E-state index in [0.717, 1.165) is 11.3 Å². The highest BCUT2D eigenvalue weighted by atomic mass is 32.2. The monoisotopic (exact) mass is 265 g/mol. The third-order valence-corrected chi connectivity index (χ3v) is 3.27. The van der Waals surface area contributed by atoms with Crippen LogP contribution in [0.2, 0.25) is 0 Å². The fourth-order valence-corrected chi connectivity index (χ4v) is 2.11. The number of thioether (sulfide) groups is 1. The first-order chi connectivity index (χ1) is 8.74. The van der Waals surface area contributed by atoms with Crippen LogP contribution in [0, 0.1) is 0 Å². The molecule has 1 aromatic carbocycles. The Bertz CT molecular complexity index is 498. The fourth-order valence-electron chi connectivity index (χ4n) is 1.45. The van der Waals surface area contributed by atoms with Gasteiger partial charge >= 0.3 is 0 Å². The van der Waals surface area contributed by atoms with Crippen LogP contribution in [0.25, 0.3) is 11.4 Å². The molecule has 1 heterocycles. The smallest absolute Gasteiger partial charge is 0.246 e. The van der Waals surface area contributed by atoms with E-state index in [1.807, 2.05) is 24.3 Å². The Kier molecular flexibility index (Phi) is 4.35. The van der Waals surface area contributed by atoms with Crippen molar-refractivity contribution >= 4 is 11.8 Å². The van der Waals surface area contributed by atoms with Gasteiger partial charge in [0.1, 0.15) is 6.04 Å². The Hall–Kier alpha value is -1.37. The van der Waals surface area contributed by atoms with Gasteiger partial charge in [-0.25, -0.2) is 0 Å². The number of aliphatic hydroxyl groups excluding tert-OH is 1. The lowest BCUT2D eigenvalue weighted by Gasteiger charge is -1.99. The van der Waals surface area contributed by atoms with Gasteiger partial charge in [0.25, 0.3) is 0 Å². The van der Waals surface area contributed by atoms with Gasteiger partial charge in [0, 0.05) is 10.5 Å². The zero-order valence-corrected chi connectivity index (χ0v) is 10.9. The molecule has 96 valence electrons. The summed E-state index contributed by atoms with van der Waals surface area (Å²) in [5, 5.41) is 12.8. The number of nitrogens with two attached hydrogens (primary N) is 1. The van der Waals surface area contributed by atoms with Crippen molar-refractivity contribution in [2.24, 2.45) is 5.73 Å². The minimum absolute atomic E-state index is 0.215. The molecule has 2 aromatic rings. The lowest BCUT2D eigenvalue weighted by atomic mass is 10.2. The molecule has 1 aromatic heterocycles. The van der Waals surface area contributed by atoms with E-state index in [9.17, 15) is 0 Å². The molecule has 0 spiro atoms. The van der Waals surface area contributed by atoms with E-state index < -0.39 is 6.04 Å². The summed E-state index contributed by atoms with van der Waals surface area (Å²) in [6.07, 6.45) is 0. The summed E-state index contributed by atoms with van der Waals surface area (Å²) >= 11 is 1.78. The maximum Gasteiger partial charge on any atom is 0.246 e. The molecule has 0 fully saturated rings. The summed E-state index contributed by atoms with van der Waals surface area (Å²) < 4.78 is 5.00. The topological polar surface area (TPSA) is 85.2 Å². The number of benzene rings is 1. The van der Waals surface area contributed by atoms with Crippen LogP contribution in [-0.2, 0) is 0 Å². The minimum Gasteiger partial charge on any atom is -0.394 e. The SMILES string of the molecule is CCSc1ccc(-c2noc(C(N)CO)n2)cc1. The fraction of sp³-hybridized carbons (Fsp3) is 0.333. The van der Waals surface area contributed by atoms with Crippen LogP contribution in [0.1, 0.15) is 18.9 Å². The van der Waals surface area contributed by atoms with E-state index >= 15 is 0 Å². The van der Waals surface area contributed by atoms with Gasteiger partial charge in [-0.1, -0.05) is 12.1 Å². The highest BCUT2D eigenvalue weighted by molar-refractivity contribution is 7.99. The van der Waals surface area contributed by atoms with E-state index in [0.29, 0.717) is 5.82 Å². The average Bonchev–Trinajstić information content (AvgIpc) is 2.89. The van der Waals surface area contributed by atoms with Crippen molar-refractivity contribution in [1.82, 2.24) is 10.1 Å². The molecule has 6 heteroatoms. The molecule has 0 aliphatic carbocycles. The van der Waals surface area contributed by atoms with Crippen molar-refractivity contribution in [2.45, 2.75) is 17.9 Å². The van der Waals surface area contributed by atoms with Crippen LogP contribution in [0.15, 0.2) is 33.7 Å². The third kappa shape index (κ3) is 2.90. The van der Waals surface area contributed by atoms with Gasteiger partial charge in [0.05, 0.1) is 6.61 Å². The van der Waals surface area contributed by atoms with Crippen molar-refractivity contribution in [2.75, 3.05) is 12.4 Å². The summed E-state index contributed by atoms with van der Waals surface area (Å²) in [7, 11) is 0. The van der Waals surface area contributed by atoms with Crippen molar-refractivity contribution in [3.05, 3.63) is 30.2 Å². The van der Waals surface area contributed by atoms with Gasteiger partial charge in [-0.3, -0.25) is 0 Å². The number of hydrogen-bond donors (Lipinski definition) is 2. The molecule has 2 rings (SSSR count). The standard InChI is InChI=1S/C12H15N3O2S/c1-2-18-9-5-3-8(4-6-9)11-14-12(17-15-11)10(13)7-16/h3-6,10,16H,2,7,13H2,1H3. The number of aromatic nitrogens is 2. The number of nitrogens with zero attached hydrogens (tertiary/aromatic N) is 2. The maximum absolute atomic E-state index is 8.91. The number of rotatable bonds is 5. The summed E-state index contributed by atoms with van der Waals surface area (Å²) in [4.78, 5) is 5.36. The Morgan fingerprint density at radius 1 is 1.39 bits per heavy atom. The Morgan fingerprint density at radius 3 is 2.72 bits per heavy atom. The van der Waals surface area contributed by atoms with Crippen LogP contribution in [0.5, 0.6) is 0 Å². The highest BCUT2D eigenvalue weighted by Crippen LogP contribution is 2.22. The third-order valence-electron chi connectivity index (χ3n) is 2.38. The van der Waals surface area contributed by atoms with Crippen molar-refractivity contribution in [1.29, 1.82) is 0 Å². The highest BCUT2D eigenvalue weighted by Gasteiger charge is 2.14. The van der Waals surface area contributed by atoms with Gasteiger partial charge in [-0.2, -0.15) is 4.98 Å². The quantitative estimate of drug-likeness (QED) is 0.802. The van der Waals surface area contributed by atoms with Gasteiger partial charge < -0.3 is 15.4 Å². The van der Waals surface area contributed by atoms with Crippen LogP contribution in [0.4, 0.5) is 0 Å². The summed E-state index contributed by atoms with van der Waals surface area (Å²) in [6, 6.07) is 7.30. The van der Waals surface area contributed by atoms with Crippen molar-refractivity contribution < 1.29 is 9.63 Å². The van der Waals surface area contributed by atoms with Crippen molar-refractivity contribution in [3.63, 3.8) is 0 Å². The molecule has 1 unspecified atom stereocenters. The van der Waals surface area contributed by atoms with E-state index in [-0.39, 0.29) is 12.5 Å². The average molecular weight is 265 g/mol. The molecule has 1 atom stereocenters. The Labute approximate surface area is 109 Å². The summed E-state index contributed by atoms with van der Waals surface area (Å²) in [6.45, 7) is 1.90. The molecule has 0 aliphatic heterocycles. The first-order valence-corrected chi connectivity index (χ1v) is 6.66. The van der Waals surface area contributed by atoms with Crippen LogP contribution in [0.3, 0.4) is 0 Å². The maximum atomic E-state index is 8.91. The molecule has 0 saturated heterocycles. The molecular formula is C12H15N3O2S. The van der Waals surface area contributed by atoms with Gasteiger partial charge in [0.2, 0.25) is 11.7 Å². The van der Waals surface area contributed by atoms with Gasteiger partial charge in [0.15, 0.2) is 0 Å². The van der Waals surface area contributed by atoms with E-state index in [2.05, 4.69) is 17.1 Å². The van der Waals surface area contributed by atoms with E-state index in [1.165, 1.54) is 4.90 Å². The van der Waals surface area contributed by atoms with Gasteiger partial charge in [-0.05, 0) is 30.0 Å². The zero-order chi connectivity index (χ0) is 13.0. The van der Waals surface area contributed by atoms with Crippen LogP contribution >= 0.6 is 11.8 Å². The Balaban J connectivity index is 2.18. The van der Waals surface area contributed by atoms with E-state index in [4.69, 9.17) is 15.4 Å². The van der Waals surface area contributed by atoms with E-state index in [1.54, 1.807) is 11.8 Å². The number of hydrogen-bond acceptors (Lipinski definition) is 6. The molecule has 0 radical (unpaired) electrons. The molecular weight excluding hydrogens is 250 g/mol.